The fourth-order valence-corrected chi connectivity index (χ4v) is 5.26. The minimum absolute atomic E-state index is 0.111. The van der Waals surface area contributed by atoms with Crippen molar-refractivity contribution in [3.63, 3.8) is 0 Å². The van der Waals surface area contributed by atoms with Gasteiger partial charge in [-0.25, -0.2) is 14.4 Å². The van der Waals surface area contributed by atoms with E-state index < -0.39 is 50.9 Å². The fraction of sp³-hybridized carbons (Fsp3) is 0.583. The molecule has 0 saturated heterocycles. The first kappa shape index (κ1) is 30.3. The number of cyclic esters (lactones) is 1. The lowest BCUT2D eigenvalue weighted by atomic mass is 10.1. The van der Waals surface area contributed by atoms with E-state index in [9.17, 15) is 19.2 Å². The Morgan fingerprint density at radius 1 is 1.27 bits per heavy atom. The second kappa shape index (κ2) is 12.5. The van der Waals surface area contributed by atoms with Gasteiger partial charge in [0.1, 0.15) is 30.2 Å². The molecule has 2 rings (SSSR count). The molecule has 3 N–H and O–H groups in total. The molecule has 2 unspecified atom stereocenters. The van der Waals surface area contributed by atoms with Crippen LogP contribution in [0.2, 0.25) is 18.1 Å². The average Bonchev–Trinajstić information content (AvgIpc) is 2.79. The van der Waals surface area contributed by atoms with E-state index in [0.29, 0.717) is 23.7 Å². The van der Waals surface area contributed by atoms with Gasteiger partial charge in [0, 0.05) is 23.1 Å². The van der Waals surface area contributed by atoms with E-state index in [1.54, 1.807) is 12.1 Å². The number of fused-ring (bicyclic) bond motifs is 1. The third-order valence-electron chi connectivity index (χ3n) is 6.21. The maximum absolute atomic E-state index is 13.2. The number of rotatable bonds is 6. The second-order valence-corrected chi connectivity index (χ2v) is 15.7. The number of amides is 2. The quantitative estimate of drug-likeness (QED) is 0.352. The molecule has 1 heterocycles. The molecule has 11 nitrogen and oxygen atoms in total. The summed E-state index contributed by atoms with van der Waals surface area (Å²) in [5, 5.41) is 13.5. The minimum Gasteiger partial charge on any atom is -0.543 e. The summed E-state index contributed by atoms with van der Waals surface area (Å²) in [6, 6.07) is 0.798. The second-order valence-electron chi connectivity index (χ2n) is 9.94. The molecular weight excluding hydrogens is 520 g/mol. The predicted octanol–water partition coefficient (Wildman–Crippen LogP) is 3.17. The zero-order valence-corrected chi connectivity index (χ0v) is 24.1. The third-order valence-corrected chi connectivity index (χ3v) is 11.6. The Hall–Kier alpha value is -2.93. The molecular formula is C24H36N2O9SSi. The van der Waals surface area contributed by atoms with Crippen molar-refractivity contribution in [3.05, 3.63) is 23.3 Å². The summed E-state index contributed by atoms with van der Waals surface area (Å²) in [5.41, 5.74) is 0.735. The highest BCUT2D eigenvalue weighted by atomic mass is 32.2. The van der Waals surface area contributed by atoms with E-state index in [-0.39, 0.29) is 22.1 Å². The highest BCUT2D eigenvalue weighted by molar-refractivity contribution is 7.98. The molecule has 0 saturated carbocycles. The van der Waals surface area contributed by atoms with E-state index in [0.717, 1.165) is 0 Å². The number of carbonyl (C=O) groups is 4. The Kier molecular flexibility index (Phi) is 10.3. The molecule has 2 amide bonds. The van der Waals surface area contributed by atoms with Gasteiger partial charge in [0.05, 0.1) is 19.3 Å². The normalized spacial score (nSPS) is 19.2. The van der Waals surface area contributed by atoms with Crippen LogP contribution in [0, 0.1) is 0 Å². The summed E-state index contributed by atoms with van der Waals surface area (Å²) in [6.07, 6.45) is -1.49. The Balaban J connectivity index is 2.61. The Bertz CT molecular complexity index is 1030. The standard InChI is InChI=1S/C24H36N2O9SSi/c1-8-33-14-9-15-16(19(10-14)35-37(6,7)24(2,3)4)12-36-13-18(22(29)32-5)25-20(27)17(26-23(30)31)11-34-21(15)28/h9-10,17-18,26H,8,11-13H2,1-7H3,(H,25,27)(H,30,31). The Morgan fingerprint density at radius 2 is 1.95 bits per heavy atom. The number of benzene rings is 1. The number of methoxy groups -OCH3 is 1. The number of carboxylic acid groups (broad SMARTS) is 1. The van der Waals surface area contributed by atoms with Crippen LogP contribution in [-0.2, 0) is 24.8 Å². The van der Waals surface area contributed by atoms with Gasteiger partial charge in [-0.2, -0.15) is 11.8 Å². The van der Waals surface area contributed by atoms with Crippen LogP contribution in [0.3, 0.4) is 0 Å². The lowest BCUT2D eigenvalue weighted by molar-refractivity contribution is -0.144. The van der Waals surface area contributed by atoms with Crippen LogP contribution < -0.4 is 19.8 Å². The number of nitrogens with one attached hydrogen (secondary N) is 2. The van der Waals surface area contributed by atoms with E-state index >= 15 is 0 Å². The zero-order chi connectivity index (χ0) is 28.0. The maximum Gasteiger partial charge on any atom is 0.405 e. The topological polar surface area (TPSA) is 149 Å². The van der Waals surface area contributed by atoms with E-state index in [2.05, 4.69) is 39.2 Å². The average molecular weight is 557 g/mol. The zero-order valence-electron chi connectivity index (χ0n) is 22.3. The molecule has 0 spiro atoms. The Labute approximate surface area is 222 Å². The lowest BCUT2D eigenvalue weighted by Crippen LogP contribution is -2.54. The van der Waals surface area contributed by atoms with Crippen molar-refractivity contribution >= 4 is 44.0 Å². The van der Waals surface area contributed by atoms with Gasteiger partial charge >= 0.3 is 18.0 Å². The molecule has 0 fully saturated rings. The number of carbonyl (C=O) groups excluding carboxylic acids is 3. The lowest BCUT2D eigenvalue weighted by Gasteiger charge is -2.37. The molecule has 1 aliphatic rings. The van der Waals surface area contributed by atoms with E-state index in [1.807, 2.05) is 12.2 Å². The van der Waals surface area contributed by atoms with Gasteiger partial charge < -0.3 is 34.4 Å². The summed E-state index contributed by atoms with van der Waals surface area (Å²) in [4.78, 5) is 49.5. The molecule has 0 aromatic heterocycles. The van der Waals surface area contributed by atoms with Crippen molar-refractivity contribution in [2.45, 2.75) is 63.7 Å². The first-order valence-electron chi connectivity index (χ1n) is 11.8. The largest absolute Gasteiger partial charge is 0.543 e. The summed E-state index contributed by atoms with van der Waals surface area (Å²) in [7, 11) is -1.15. The first-order chi connectivity index (χ1) is 17.2. The molecule has 1 aliphatic heterocycles. The van der Waals surface area contributed by atoms with Gasteiger partial charge in [-0.15, -0.1) is 0 Å². The van der Waals surface area contributed by atoms with Crippen LogP contribution in [0.4, 0.5) is 4.79 Å². The first-order valence-corrected chi connectivity index (χ1v) is 15.9. The molecule has 13 heteroatoms. The maximum atomic E-state index is 13.2. The highest BCUT2D eigenvalue weighted by Gasteiger charge is 2.40. The van der Waals surface area contributed by atoms with Crippen LogP contribution in [0.25, 0.3) is 0 Å². The molecule has 0 radical (unpaired) electrons. The number of ether oxygens (including phenoxy) is 3. The van der Waals surface area contributed by atoms with Crippen LogP contribution in [-0.4, -0.2) is 75.5 Å². The van der Waals surface area contributed by atoms with Crippen molar-refractivity contribution in [2.75, 3.05) is 26.1 Å². The molecule has 37 heavy (non-hydrogen) atoms. The predicted molar refractivity (Wildman–Crippen MR) is 141 cm³/mol. The molecule has 1 aromatic rings. The van der Waals surface area contributed by atoms with E-state index in [1.165, 1.54) is 18.9 Å². The number of hydrogen-bond acceptors (Lipinski definition) is 9. The van der Waals surface area contributed by atoms with Gasteiger partial charge in [0.2, 0.25) is 14.2 Å². The monoisotopic (exact) mass is 556 g/mol. The SMILES string of the molecule is CCOc1cc(O[Si](C)(C)C(C)(C)C)c2c(c1)C(=O)OCC(NC(=O)O)C(=O)NC(C(=O)OC)CSC2. The van der Waals surface area contributed by atoms with Crippen molar-refractivity contribution in [3.8, 4) is 11.5 Å². The fourth-order valence-electron chi connectivity index (χ4n) is 3.15. The summed E-state index contributed by atoms with van der Waals surface area (Å²) in [6.45, 7) is 12.0. The molecule has 0 bridgehead atoms. The van der Waals surface area contributed by atoms with Gasteiger partial charge in [0.15, 0.2) is 0 Å². The summed E-state index contributed by atoms with van der Waals surface area (Å²) < 4.78 is 22.5. The molecule has 206 valence electrons. The highest BCUT2D eigenvalue weighted by Crippen LogP contribution is 2.41. The van der Waals surface area contributed by atoms with Gasteiger partial charge in [-0.3, -0.25) is 4.79 Å². The summed E-state index contributed by atoms with van der Waals surface area (Å²) >= 11 is 1.28. The molecule has 1 aromatic carbocycles. The van der Waals surface area contributed by atoms with Crippen LogP contribution >= 0.6 is 11.8 Å². The molecule has 0 aliphatic carbocycles. The van der Waals surface area contributed by atoms with Crippen molar-refractivity contribution in [2.24, 2.45) is 0 Å². The van der Waals surface area contributed by atoms with Crippen LogP contribution in [0.15, 0.2) is 12.1 Å². The Morgan fingerprint density at radius 3 is 2.51 bits per heavy atom. The van der Waals surface area contributed by atoms with Crippen molar-refractivity contribution < 1.29 is 42.9 Å². The van der Waals surface area contributed by atoms with Gasteiger partial charge in [-0.05, 0) is 31.1 Å². The molecule has 2 atom stereocenters. The number of esters is 2. The smallest absolute Gasteiger partial charge is 0.405 e. The minimum atomic E-state index is -2.34. The number of thioether (sulfide) groups is 1. The van der Waals surface area contributed by atoms with Gasteiger partial charge in [0.25, 0.3) is 0 Å². The van der Waals surface area contributed by atoms with Gasteiger partial charge in [-0.1, -0.05) is 20.8 Å². The third kappa shape index (κ3) is 8.02. The summed E-state index contributed by atoms with van der Waals surface area (Å²) in [5.74, 6) is -0.999. The van der Waals surface area contributed by atoms with E-state index in [4.69, 9.17) is 23.7 Å². The van der Waals surface area contributed by atoms with Crippen LogP contribution in [0.1, 0.15) is 43.6 Å². The van der Waals surface area contributed by atoms with Crippen molar-refractivity contribution in [1.29, 1.82) is 0 Å². The number of hydrogen-bond donors (Lipinski definition) is 3. The van der Waals surface area contributed by atoms with Crippen LogP contribution in [0.5, 0.6) is 11.5 Å². The van der Waals surface area contributed by atoms with Crippen molar-refractivity contribution in [1.82, 2.24) is 10.6 Å².